The first-order valence-corrected chi connectivity index (χ1v) is 9.61. The fraction of sp³-hybridized carbons (Fsp3) is 0.222. The van der Waals surface area contributed by atoms with Gasteiger partial charge in [-0.2, -0.15) is 0 Å². The number of amides is 1. The summed E-state index contributed by atoms with van der Waals surface area (Å²) in [5.74, 6) is -1.34. The Hall–Kier alpha value is -2.87. The molecule has 136 valence electrons. The van der Waals surface area contributed by atoms with Crippen molar-refractivity contribution < 1.29 is 23.1 Å². The van der Waals surface area contributed by atoms with Gasteiger partial charge in [-0.05, 0) is 49.2 Å². The van der Waals surface area contributed by atoms with Crippen molar-refractivity contribution in [1.82, 2.24) is 4.90 Å². The Morgan fingerprint density at radius 2 is 1.62 bits per heavy atom. The van der Waals surface area contributed by atoms with Gasteiger partial charge in [0.2, 0.25) is 0 Å². The van der Waals surface area contributed by atoms with Crippen LogP contribution in [0.4, 0.5) is 5.69 Å². The molecule has 0 saturated carbocycles. The molecule has 0 aliphatic carbocycles. The molecule has 2 N–H and O–H groups in total. The molecule has 8 heteroatoms. The van der Waals surface area contributed by atoms with Gasteiger partial charge in [-0.15, -0.1) is 0 Å². The van der Waals surface area contributed by atoms with Gasteiger partial charge < -0.3 is 10.0 Å². The average molecular weight is 374 g/mol. The number of rotatable bonds is 5. The third-order valence-electron chi connectivity index (χ3n) is 4.15. The topological polar surface area (TPSA) is 104 Å². The summed E-state index contributed by atoms with van der Waals surface area (Å²) >= 11 is 0. The second kappa shape index (κ2) is 7.17. The molecule has 1 amide bonds. The smallest absolute Gasteiger partial charge is 0.335 e. The minimum atomic E-state index is -3.97. The molecule has 3 rings (SSSR count). The Balaban J connectivity index is 1.84. The molecule has 2 aromatic rings. The standard InChI is InChI=1S/C18H18N2O5S/c21-17(20-9-1-2-10-20)13-5-3-7-15(11-13)19-26(24,25)16-8-4-6-14(12-16)18(22)23/h3-8,11-12,19H,1-2,9-10H2,(H,22,23). The first kappa shape index (κ1) is 17.9. The number of nitrogens with one attached hydrogen (secondary N) is 1. The minimum Gasteiger partial charge on any atom is -0.478 e. The van der Waals surface area contributed by atoms with E-state index in [1.54, 1.807) is 23.1 Å². The maximum atomic E-state index is 12.5. The van der Waals surface area contributed by atoms with Crippen LogP contribution in [-0.2, 0) is 10.0 Å². The Morgan fingerprint density at radius 1 is 0.962 bits per heavy atom. The highest BCUT2D eigenvalue weighted by molar-refractivity contribution is 7.92. The molecule has 0 radical (unpaired) electrons. The van der Waals surface area contributed by atoms with E-state index in [4.69, 9.17) is 5.11 Å². The molecule has 26 heavy (non-hydrogen) atoms. The van der Waals surface area contributed by atoms with Crippen LogP contribution in [0.25, 0.3) is 0 Å². The predicted octanol–water partition coefficient (Wildman–Crippen LogP) is 2.42. The average Bonchev–Trinajstić information content (AvgIpc) is 3.15. The van der Waals surface area contributed by atoms with Crippen LogP contribution >= 0.6 is 0 Å². The van der Waals surface area contributed by atoms with Crippen molar-refractivity contribution in [2.24, 2.45) is 0 Å². The maximum absolute atomic E-state index is 12.5. The largest absolute Gasteiger partial charge is 0.478 e. The normalized spacial score (nSPS) is 14.2. The zero-order valence-corrected chi connectivity index (χ0v) is 14.7. The van der Waals surface area contributed by atoms with Gasteiger partial charge in [-0.1, -0.05) is 12.1 Å². The van der Waals surface area contributed by atoms with Crippen molar-refractivity contribution in [3.63, 3.8) is 0 Å². The Bertz CT molecular complexity index is 950. The van der Waals surface area contributed by atoms with E-state index < -0.39 is 16.0 Å². The molecule has 1 aliphatic heterocycles. The van der Waals surface area contributed by atoms with E-state index in [0.29, 0.717) is 18.7 Å². The summed E-state index contributed by atoms with van der Waals surface area (Å²) in [6.45, 7) is 1.41. The maximum Gasteiger partial charge on any atom is 0.335 e. The second-order valence-electron chi connectivity index (χ2n) is 6.02. The first-order chi connectivity index (χ1) is 12.4. The second-order valence-corrected chi connectivity index (χ2v) is 7.70. The summed E-state index contributed by atoms with van der Waals surface area (Å²) in [6.07, 6.45) is 1.94. The molecule has 1 saturated heterocycles. The lowest BCUT2D eigenvalue weighted by atomic mass is 10.2. The molecule has 0 atom stereocenters. The van der Waals surface area contributed by atoms with Gasteiger partial charge >= 0.3 is 5.97 Å². The van der Waals surface area contributed by atoms with Crippen molar-refractivity contribution in [2.75, 3.05) is 17.8 Å². The van der Waals surface area contributed by atoms with Crippen LogP contribution in [0.15, 0.2) is 53.4 Å². The molecule has 7 nitrogen and oxygen atoms in total. The van der Waals surface area contributed by atoms with Crippen LogP contribution in [-0.4, -0.2) is 43.4 Å². The molecule has 0 spiro atoms. The van der Waals surface area contributed by atoms with Crippen LogP contribution in [0.3, 0.4) is 0 Å². The summed E-state index contributed by atoms with van der Waals surface area (Å²) in [5, 5.41) is 9.01. The molecule has 1 fully saturated rings. The first-order valence-electron chi connectivity index (χ1n) is 8.12. The van der Waals surface area contributed by atoms with E-state index in [2.05, 4.69) is 4.72 Å². The lowest BCUT2D eigenvalue weighted by Gasteiger charge is -2.16. The summed E-state index contributed by atoms with van der Waals surface area (Å²) in [6, 6.07) is 11.4. The van der Waals surface area contributed by atoms with Crippen molar-refractivity contribution in [1.29, 1.82) is 0 Å². The Kier molecular flexibility index (Phi) is 4.94. The van der Waals surface area contributed by atoms with Crippen LogP contribution in [0, 0.1) is 0 Å². The molecule has 0 aromatic heterocycles. The van der Waals surface area contributed by atoms with Crippen LogP contribution in [0.2, 0.25) is 0 Å². The number of nitrogens with zero attached hydrogens (tertiary/aromatic N) is 1. The van der Waals surface area contributed by atoms with Crippen LogP contribution in [0.5, 0.6) is 0 Å². The van der Waals surface area contributed by atoms with Crippen molar-refractivity contribution in [3.05, 3.63) is 59.7 Å². The molecular weight excluding hydrogens is 356 g/mol. The fourth-order valence-corrected chi connectivity index (χ4v) is 3.92. The van der Waals surface area contributed by atoms with E-state index in [-0.39, 0.29) is 22.1 Å². The number of hydrogen-bond donors (Lipinski definition) is 2. The van der Waals surface area contributed by atoms with Gasteiger partial charge in [-0.25, -0.2) is 13.2 Å². The summed E-state index contributed by atoms with van der Waals surface area (Å²) < 4.78 is 27.4. The van der Waals surface area contributed by atoms with Crippen molar-refractivity contribution in [3.8, 4) is 0 Å². The molecule has 1 aliphatic rings. The fourth-order valence-electron chi connectivity index (χ4n) is 2.83. The molecule has 1 heterocycles. The highest BCUT2D eigenvalue weighted by atomic mass is 32.2. The molecular formula is C18H18N2O5S. The summed E-state index contributed by atoms with van der Waals surface area (Å²) in [7, 11) is -3.97. The molecule has 2 aromatic carbocycles. The van der Waals surface area contributed by atoms with Gasteiger partial charge in [0.05, 0.1) is 10.5 Å². The van der Waals surface area contributed by atoms with Gasteiger partial charge in [-0.3, -0.25) is 9.52 Å². The highest BCUT2D eigenvalue weighted by Gasteiger charge is 2.21. The van der Waals surface area contributed by atoms with Crippen LogP contribution in [0.1, 0.15) is 33.6 Å². The van der Waals surface area contributed by atoms with E-state index >= 15 is 0 Å². The lowest BCUT2D eigenvalue weighted by Crippen LogP contribution is -2.27. The number of carbonyl (C=O) groups excluding carboxylic acids is 1. The van der Waals surface area contributed by atoms with E-state index in [0.717, 1.165) is 18.9 Å². The van der Waals surface area contributed by atoms with Crippen LogP contribution < -0.4 is 4.72 Å². The van der Waals surface area contributed by atoms with Gasteiger partial charge in [0.1, 0.15) is 0 Å². The Morgan fingerprint density at radius 3 is 2.31 bits per heavy atom. The minimum absolute atomic E-state index is 0.120. The Labute approximate surface area is 151 Å². The number of aromatic carboxylic acids is 1. The molecule has 0 unspecified atom stereocenters. The number of benzene rings is 2. The highest BCUT2D eigenvalue weighted by Crippen LogP contribution is 2.20. The van der Waals surface area contributed by atoms with Gasteiger partial charge in [0.15, 0.2) is 0 Å². The van der Waals surface area contributed by atoms with E-state index in [1.165, 1.54) is 24.3 Å². The number of sulfonamides is 1. The zero-order valence-electron chi connectivity index (χ0n) is 13.9. The number of hydrogen-bond acceptors (Lipinski definition) is 4. The quantitative estimate of drug-likeness (QED) is 0.836. The number of anilines is 1. The van der Waals surface area contributed by atoms with Gasteiger partial charge in [0, 0.05) is 24.3 Å². The lowest BCUT2D eigenvalue weighted by molar-refractivity contribution is 0.0695. The number of likely N-dealkylation sites (tertiary alicyclic amines) is 1. The van der Waals surface area contributed by atoms with E-state index in [1.807, 2.05) is 0 Å². The number of carboxylic acid groups (broad SMARTS) is 1. The van der Waals surface area contributed by atoms with Crippen molar-refractivity contribution >= 4 is 27.6 Å². The molecule has 0 bridgehead atoms. The van der Waals surface area contributed by atoms with Crippen molar-refractivity contribution in [2.45, 2.75) is 17.7 Å². The third-order valence-corrected chi connectivity index (χ3v) is 5.53. The van der Waals surface area contributed by atoms with Gasteiger partial charge in [0.25, 0.3) is 15.9 Å². The number of carboxylic acids is 1. The predicted molar refractivity (Wildman–Crippen MR) is 95.8 cm³/mol. The monoisotopic (exact) mass is 374 g/mol. The van der Waals surface area contributed by atoms with E-state index in [9.17, 15) is 18.0 Å². The zero-order chi connectivity index (χ0) is 18.7. The summed E-state index contributed by atoms with van der Waals surface area (Å²) in [5.41, 5.74) is 0.535. The SMILES string of the molecule is O=C(O)c1cccc(S(=O)(=O)Nc2cccc(C(=O)N3CCCC3)c2)c1. The number of carbonyl (C=O) groups is 2. The third kappa shape index (κ3) is 3.85. The summed E-state index contributed by atoms with van der Waals surface area (Å²) in [4.78, 5) is 25.0.